The number of nitrogens with zero attached hydrogens (tertiary/aromatic N) is 4. The minimum atomic E-state index is 0.291. The van der Waals surface area contributed by atoms with Crippen LogP contribution in [0, 0.1) is 0 Å². The van der Waals surface area contributed by atoms with E-state index in [1.807, 2.05) is 18.2 Å². The van der Waals surface area contributed by atoms with E-state index < -0.39 is 0 Å². The van der Waals surface area contributed by atoms with Gasteiger partial charge in [0.05, 0.1) is 18.3 Å². The number of thiazole rings is 1. The number of benzene rings is 1. The Morgan fingerprint density at radius 1 is 1.27 bits per heavy atom. The summed E-state index contributed by atoms with van der Waals surface area (Å²) in [5.74, 6) is 1.84. The first-order chi connectivity index (χ1) is 12.8. The smallest absolute Gasteiger partial charge is 0.191 e. The quantitative estimate of drug-likeness (QED) is 0.562. The topological polar surface area (TPSA) is 52.8 Å². The highest BCUT2D eigenvalue weighted by Crippen LogP contribution is 2.28. The predicted molar refractivity (Wildman–Crippen MR) is 105 cm³/mol. The minimum Gasteiger partial charge on any atom is -0.376 e. The highest BCUT2D eigenvalue weighted by molar-refractivity contribution is 7.98. The van der Waals surface area contributed by atoms with Gasteiger partial charge in [-0.3, -0.25) is 0 Å². The largest absolute Gasteiger partial charge is 0.376 e. The fourth-order valence-corrected chi connectivity index (χ4v) is 4.88. The standard InChI is InChI=1S/C19H22N4OS2/c1-2-17-21-22-19(23(17)11-16-9-6-10-24-16)26-13-15-12-25-18(20-15)14-7-4-3-5-8-14/h3-5,7-8,12,16H,2,6,9-11,13H2,1H3. The lowest BCUT2D eigenvalue weighted by atomic mass is 10.2. The third kappa shape index (κ3) is 4.00. The maximum atomic E-state index is 5.80. The second-order valence-corrected chi connectivity index (χ2v) is 8.10. The molecule has 7 heteroatoms. The van der Waals surface area contributed by atoms with E-state index in [1.54, 1.807) is 23.1 Å². The Bertz CT molecular complexity index is 840. The van der Waals surface area contributed by atoms with E-state index in [-0.39, 0.29) is 0 Å². The van der Waals surface area contributed by atoms with E-state index >= 15 is 0 Å². The predicted octanol–water partition coefficient (Wildman–Crippen LogP) is 4.44. The van der Waals surface area contributed by atoms with Crippen molar-refractivity contribution in [3.05, 3.63) is 47.2 Å². The van der Waals surface area contributed by atoms with Crippen LogP contribution in [0.2, 0.25) is 0 Å². The molecule has 1 aromatic carbocycles. The van der Waals surface area contributed by atoms with Crippen molar-refractivity contribution in [2.24, 2.45) is 0 Å². The van der Waals surface area contributed by atoms with Crippen molar-refractivity contribution in [2.45, 2.75) is 49.7 Å². The lowest BCUT2D eigenvalue weighted by Gasteiger charge is -2.13. The molecule has 1 fully saturated rings. The second-order valence-electron chi connectivity index (χ2n) is 6.30. The van der Waals surface area contributed by atoms with Gasteiger partial charge in [-0.1, -0.05) is 49.0 Å². The van der Waals surface area contributed by atoms with E-state index in [0.29, 0.717) is 6.10 Å². The molecule has 0 aliphatic carbocycles. The van der Waals surface area contributed by atoms with Crippen LogP contribution in [0.15, 0.2) is 40.9 Å². The Hall–Kier alpha value is -1.70. The summed E-state index contributed by atoms with van der Waals surface area (Å²) in [6.45, 7) is 3.85. The molecule has 0 radical (unpaired) electrons. The zero-order valence-electron chi connectivity index (χ0n) is 14.8. The van der Waals surface area contributed by atoms with Crippen molar-refractivity contribution in [1.82, 2.24) is 19.7 Å². The van der Waals surface area contributed by atoms with Crippen molar-refractivity contribution < 1.29 is 4.74 Å². The van der Waals surface area contributed by atoms with E-state index in [2.05, 4.69) is 39.2 Å². The van der Waals surface area contributed by atoms with Crippen LogP contribution in [0.3, 0.4) is 0 Å². The molecule has 2 aromatic heterocycles. The summed E-state index contributed by atoms with van der Waals surface area (Å²) in [6.07, 6.45) is 3.45. The molecule has 3 aromatic rings. The fraction of sp³-hybridized carbons (Fsp3) is 0.421. The molecule has 1 atom stereocenters. The molecule has 26 heavy (non-hydrogen) atoms. The molecule has 0 spiro atoms. The molecule has 0 amide bonds. The Morgan fingerprint density at radius 2 is 2.15 bits per heavy atom. The van der Waals surface area contributed by atoms with Crippen molar-refractivity contribution in [3.63, 3.8) is 0 Å². The third-order valence-corrected chi connectivity index (χ3v) is 6.38. The average molecular weight is 387 g/mol. The van der Waals surface area contributed by atoms with Gasteiger partial charge >= 0.3 is 0 Å². The zero-order chi connectivity index (χ0) is 17.8. The number of thioether (sulfide) groups is 1. The molecule has 5 nitrogen and oxygen atoms in total. The Morgan fingerprint density at radius 3 is 2.92 bits per heavy atom. The molecule has 0 bridgehead atoms. The van der Waals surface area contributed by atoms with Crippen LogP contribution in [0.25, 0.3) is 10.6 Å². The molecule has 1 aliphatic rings. The number of aryl methyl sites for hydroxylation is 1. The number of rotatable bonds is 7. The van der Waals surface area contributed by atoms with Gasteiger partial charge in [0.15, 0.2) is 5.16 Å². The SMILES string of the molecule is CCc1nnc(SCc2csc(-c3ccccc3)n2)n1CC1CCCO1. The van der Waals surface area contributed by atoms with Gasteiger partial charge in [-0.2, -0.15) is 0 Å². The molecular weight excluding hydrogens is 364 g/mol. The summed E-state index contributed by atoms with van der Waals surface area (Å²) < 4.78 is 8.03. The highest BCUT2D eigenvalue weighted by Gasteiger charge is 2.20. The van der Waals surface area contributed by atoms with Gasteiger partial charge in [0.1, 0.15) is 10.8 Å². The van der Waals surface area contributed by atoms with Crippen molar-refractivity contribution in [2.75, 3.05) is 6.61 Å². The Labute approximate surface area is 161 Å². The van der Waals surface area contributed by atoms with Crippen LogP contribution < -0.4 is 0 Å². The van der Waals surface area contributed by atoms with Gasteiger partial charge in [0.2, 0.25) is 0 Å². The van der Waals surface area contributed by atoms with E-state index in [9.17, 15) is 0 Å². The van der Waals surface area contributed by atoms with Crippen LogP contribution >= 0.6 is 23.1 Å². The van der Waals surface area contributed by atoms with E-state index in [0.717, 1.165) is 59.8 Å². The number of aromatic nitrogens is 4. The average Bonchev–Trinajstić information content (AvgIpc) is 3.43. The molecule has 0 N–H and O–H groups in total. The first kappa shape index (κ1) is 17.7. The van der Waals surface area contributed by atoms with Gasteiger partial charge in [0, 0.05) is 29.7 Å². The summed E-state index contributed by atoms with van der Waals surface area (Å²) >= 11 is 3.40. The summed E-state index contributed by atoms with van der Waals surface area (Å²) in [5, 5.41) is 12.9. The maximum Gasteiger partial charge on any atom is 0.191 e. The van der Waals surface area contributed by atoms with Gasteiger partial charge in [0.25, 0.3) is 0 Å². The number of ether oxygens (including phenoxy) is 1. The maximum absolute atomic E-state index is 5.80. The first-order valence-corrected chi connectivity index (χ1v) is 10.9. The van der Waals surface area contributed by atoms with Crippen molar-refractivity contribution >= 4 is 23.1 Å². The minimum absolute atomic E-state index is 0.291. The van der Waals surface area contributed by atoms with Crippen LogP contribution in [0.1, 0.15) is 31.3 Å². The summed E-state index contributed by atoms with van der Waals surface area (Å²) in [6, 6.07) is 10.3. The lowest BCUT2D eigenvalue weighted by molar-refractivity contribution is 0.0942. The van der Waals surface area contributed by atoms with Crippen LogP contribution in [-0.4, -0.2) is 32.5 Å². The van der Waals surface area contributed by atoms with Gasteiger partial charge in [-0.25, -0.2) is 4.98 Å². The zero-order valence-corrected chi connectivity index (χ0v) is 16.4. The first-order valence-electron chi connectivity index (χ1n) is 8.99. The van der Waals surface area contributed by atoms with E-state index in [4.69, 9.17) is 9.72 Å². The van der Waals surface area contributed by atoms with Crippen molar-refractivity contribution in [1.29, 1.82) is 0 Å². The van der Waals surface area contributed by atoms with Crippen LogP contribution in [0.5, 0.6) is 0 Å². The molecule has 4 rings (SSSR count). The number of hydrogen-bond acceptors (Lipinski definition) is 6. The van der Waals surface area contributed by atoms with E-state index in [1.165, 1.54) is 5.56 Å². The normalized spacial score (nSPS) is 17.0. The number of hydrogen-bond donors (Lipinski definition) is 0. The Kier molecular flexibility index (Phi) is 5.67. The third-order valence-electron chi connectivity index (χ3n) is 4.44. The summed E-state index contributed by atoms with van der Waals surface area (Å²) in [4.78, 5) is 4.77. The second kappa shape index (κ2) is 8.33. The molecule has 1 saturated heterocycles. The molecule has 1 unspecified atom stereocenters. The molecule has 3 heterocycles. The van der Waals surface area contributed by atoms with Crippen molar-refractivity contribution in [3.8, 4) is 10.6 Å². The van der Waals surface area contributed by atoms with Crippen LogP contribution in [0.4, 0.5) is 0 Å². The lowest BCUT2D eigenvalue weighted by Crippen LogP contribution is -2.17. The summed E-state index contributed by atoms with van der Waals surface area (Å²) in [7, 11) is 0. The molecule has 136 valence electrons. The van der Waals surface area contributed by atoms with Gasteiger partial charge in [-0.15, -0.1) is 21.5 Å². The van der Waals surface area contributed by atoms with Crippen LogP contribution in [-0.2, 0) is 23.5 Å². The van der Waals surface area contributed by atoms with Gasteiger partial charge in [-0.05, 0) is 12.8 Å². The fourth-order valence-electron chi connectivity index (χ4n) is 3.09. The monoisotopic (exact) mass is 386 g/mol. The molecule has 1 aliphatic heterocycles. The Balaban J connectivity index is 1.44. The molecular formula is C19H22N4OS2. The summed E-state index contributed by atoms with van der Waals surface area (Å²) in [5.41, 5.74) is 2.26. The molecule has 0 saturated carbocycles. The van der Waals surface area contributed by atoms with Gasteiger partial charge < -0.3 is 9.30 Å². The highest BCUT2D eigenvalue weighted by atomic mass is 32.2.